The van der Waals surface area contributed by atoms with Crippen molar-refractivity contribution in [1.82, 2.24) is 9.97 Å². The number of nitro groups is 1. The molecular weight excluding hydrogens is 352 g/mol. The molecule has 0 unspecified atom stereocenters. The summed E-state index contributed by atoms with van der Waals surface area (Å²) in [6, 6.07) is 5.40. The fourth-order valence-corrected chi connectivity index (χ4v) is 2.64. The average molecular weight is 372 g/mol. The van der Waals surface area contributed by atoms with Crippen LogP contribution in [0.2, 0.25) is 0 Å². The zero-order valence-corrected chi connectivity index (χ0v) is 15.1. The van der Waals surface area contributed by atoms with Gasteiger partial charge in [-0.05, 0) is 12.1 Å². The molecule has 0 radical (unpaired) electrons. The molecule has 0 aliphatic carbocycles. The van der Waals surface area contributed by atoms with E-state index in [1.807, 2.05) is 19.0 Å². The number of rotatable bonds is 5. The van der Waals surface area contributed by atoms with Gasteiger partial charge in [0.1, 0.15) is 5.69 Å². The smallest absolute Gasteiger partial charge is 0.269 e. The zero-order valence-electron chi connectivity index (χ0n) is 15.1. The van der Waals surface area contributed by atoms with Crippen molar-refractivity contribution in [1.29, 1.82) is 0 Å². The Bertz CT molecular complexity index is 834. The molecule has 0 atom stereocenters. The number of hydrogen-bond donors (Lipinski definition) is 1. The van der Waals surface area contributed by atoms with Crippen LogP contribution in [0.5, 0.6) is 0 Å². The third kappa shape index (κ3) is 4.29. The number of nitrogens with one attached hydrogen (secondary N) is 1. The number of nitro benzene ring substituents is 1. The molecule has 10 heteroatoms. The molecule has 27 heavy (non-hydrogen) atoms. The van der Waals surface area contributed by atoms with Crippen LogP contribution in [0.15, 0.2) is 30.5 Å². The third-order valence-electron chi connectivity index (χ3n) is 4.06. The van der Waals surface area contributed by atoms with Gasteiger partial charge in [0.05, 0.1) is 24.3 Å². The van der Waals surface area contributed by atoms with E-state index >= 15 is 0 Å². The largest absolute Gasteiger partial charge is 0.378 e. The second-order valence-electron chi connectivity index (χ2n) is 6.16. The maximum absolute atomic E-state index is 12.5. The van der Waals surface area contributed by atoms with Gasteiger partial charge < -0.3 is 19.9 Å². The van der Waals surface area contributed by atoms with Crippen molar-refractivity contribution in [3.8, 4) is 0 Å². The topological polar surface area (TPSA) is 114 Å². The summed E-state index contributed by atoms with van der Waals surface area (Å²) in [4.78, 5) is 35.4. The Hall–Kier alpha value is -3.27. The first-order chi connectivity index (χ1) is 13.0. The SMILES string of the molecule is CN(C)c1nc(N2CCOCC2)ncc1NC(=O)c1ccc([N+](=O)[O-])cc1. The zero-order chi connectivity index (χ0) is 19.4. The summed E-state index contributed by atoms with van der Waals surface area (Å²) in [5, 5.41) is 13.5. The Morgan fingerprint density at radius 1 is 1.26 bits per heavy atom. The van der Waals surface area contributed by atoms with Crippen LogP contribution in [0.1, 0.15) is 10.4 Å². The van der Waals surface area contributed by atoms with Gasteiger partial charge in [0.15, 0.2) is 5.82 Å². The lowest BCUT2D eigenvalue weighted by atomic mass is 10.2. The van der Waals surface area contributed by atoms with E-state index in [-0.39, 0.29) is 5.69 Å². The molecule has 0 spiro atoms. The number of aromatic nitrogens is 2. The molecule has 1 aliphatic heterocycles. The van der Waals surface area contributed by atoms with Gasteiger partial charge in [-0.1, -0.05) is 0 Å². The number of morpholine rings is 1. The molecule has 1 amide bonds. The molecule has 1 saturated heterocycles. The molecule has 0 bridgehead atoms. The Balaban J connectivity index is 1.80. The molecule has 1 aromatic carbocycles. The van der Waals surface area contributed by atoms with Gasteiger partial charge in [0.25, 0.3) is 11.6 Å². The molecule has 10 nitrogen and oxygen atoms in total. The van der Waals surface area contributed by atoms with Crippen molar-refractivity contribution >= 4 is 29.0 Å². The number of carbonyl (C=O) groups excluding carboxylic acids is 1. The number of hydrogen-bond acceptors (Lipinski definition) is 8. The minimum absolute atomic E-state index is 0.0706. The summed E-state index contributed by atoms with van der Waals surface area (Å²) in [7, 11) is 3.65. The first-order valence-electron chi connectivity index (χ1n) is 8.38. The molecule has 1 fully saturated rings. The van der Waals surface area contributed by atoms with Crippen LogP contribution in [-0.2, 0) is 4.74 Å². The van der Waals surface area contributed by atoms with Gasteiger partial charge in [0, 0.05) is 44.9 Å². The molecule has 1 aromatic heterocycles. The fraction of sp³-hybridized carbons (Fsp3) is 0.353. The summed E-state index contributed by atoms with van der Waals surface area (Å²) in [6.07, 6.45) is 1.57. The maximum atomic E-state index is 12.5. The van der Waals surface area contributed by atoms with Gasteiger partial charge in [-0.2, -0.15) is 4.98 Å². The summed E-state index contributed by atoms with van der Waals surface area (Å²) in [5.74, 6) is 0.757. The summed E-state index contributed by atoms with van der Waals surface area (Å²) < 4.78 is 5.34. The normalized spacial score (nSPS) is 13.9. The lowest BCUT2D eigenvalue weighted by molar-refractivity contribution is -0.384. The van der Waals surface area contributed by atoms with Gasteiger partial charge in [-0.25, -0.2) is 4.98 Å². The van der Waals surface area contributed by atoms with Crippen LogP contribution in [0.3, 0.4) is 0 Å². The Morgan fingerprint density at radius 3 is 2.52 bits per heavy atom. The lowest BCUT2D eigenvalue weighted by Gasteiger charge is -2.28. The number of anilines is 3. The van der Waals surface area contributed by atoms with Crippen molar-refractivity contribution in [2.24, 2.45) is 0 Å². The number of non-ortho nitro benzene ring substituents is 1. The number of carbonyl (C=O) groups is 1. The second kappa shape index (κ2) is 7.96. The van der Waals surface area contributed by atoms with Crippen molar-refractivity contribution in [2.45, 2.75) is 0 Å². The molecular formula is C17H20N6O4. The third-order valence-corrected chi connectivity index (χ3v) is 4.06. The van der Waals surface area contributed by atoms with Crippen molar-refractivity contribution in [2.75, 3.05) is 55.5 Å². The van der Waals surface area contributed by atoms with Gasteiger partial charge in [-0.15, -0.1) is 0 Å². The number of benzene rings is 1. The van der Waals surface area contributed by atoms with E-state index in [9.17, 15) is 14.9 Å². The Labute approximate surface area is 155 Å². The molecule has 0 saturated carbocycles. The first kappa shape index (κ1) is 18.5. The van der Waals surface area contributed by atoms with E-state index in [0.717, 1.165) is 0 Å². The highest BCUT2D eigenvalue weighted by Crippen LogP contribution is 2.25. The van der Waals surface area contributed by atoms with Gasteiger partial charge in [0.2, 0.25) is 5.95 Å². The summed E-state index contributed by atoms with van der Waals surface area (Å²) >= 11 is 0. The highest BCUT2D eigenvalue weighted by molar-refractivity contribution is 6.05. The van der Waals surface area contributed by atoms with Crippen LogP contribution < -0.4 is 15.1 Å². The standard InChI is InChI=1S/C17H20N6O4/c1-21(2)15-14(11-18-17(20-15)22-7-9-27-10-8-22)19-16(24)12-3-5-13(6-4-12)23(25)26/h3-6,11H,7-10H2,1-2H3,(H,19,24). The van der Waals surface area contributed by atoms with Crippen molar-refractivity contribution < 1.29 is 14.5 Å². The quantitative estimate of drug-likeness (QED) is 0.621. The minimum Gasteiger partial charge on any atom is -0.378 e. The van der Waals surface area contributed by atoms with Crippen LogP contribution in [0.4, 0.5) is 23.1 Å². The van der Waals surface area contributed by atoms with Crippen molar-refractivity contribution in [3.63, 3.8) is 0 Å². The predicted molar refractivity (Wildman–Crippen MR) is 100 cm³/mol. The van der Waals surface area contributed by atoms with E-state index in [1.165, 1.54) is 24.3 Å². The minimum atomic E-state index is -0.510. The van der Waals surface area contributed by atoms with E-state index in [4.69, 9.17) is 4.74 Å². The Morgan fingerprint density at radius 2 is 1.93 bits per heavy atom. The molecule has 2 heterocycles. The fourth-order valence-electron chi connectivity index (χ4n) is 2.64. The first-order valence-corrected chi connectivity index (χ1v) is 8.38. The predicted octanol–water partition coefficient (Wildman–Crippen LogP) is 1.54. The molecule has 1 N–H and O–H groups in total. The van der Waals surface area contributed by atoms with Gasteiger partial charge >= 0.3 is 0 Å². The molecule has 3 rings (SSSR count). The highest BCUT2D eigenvalue weighted by atomic mass is 16.6. The maximum Gasteiger partial charge on any atom is 0.269 e. The molecule has 1 aliphatic rings. The molecule has 142 valence electrons. The number of amides is 1. The van der Waals surface area contributed by atoms with Crippen LogP contribution in [0, 0.1) is 10.1 Å². The lowest BCUT2D eigenvalue weighted by Crippen LogP contribution is -2.37. The average Bonchev–Trinajstić information content (AvgIpc) is 2.68. The highest BCUT2D eigenvalue weighted by Gasteiger charge is 2.18. The summed E-state index contributed by atoms with van der Waals surface area (Å²) in [5.41, 5.74) is 0.696. The second-order valence-corrected chi connectivity index (χ2v) is 6.16. The van der Waals surface area contributed by atoms with E-state index in [1.54, 1.807) is 11.1 Å². The van der Waals surface area contributed by atoms with E-state index < -0.39 is 10.8 Å². The Kier molecular flexibility index (Phi) is 5.46. The number of ether oxygens (including phenoxy) is 1. The summed E-state index contributed by atoms with van der Waals surface area (Å²) in [6.45, 7) is 2.67. The van der Waals surface area contributed by atoms with Crippen LogP contribution in [0.25, 0.3) is 0 Å². The van der Waals surface area contributed by atoms with Crippen LogP contribution in [-0.4, -0.2) is 61.2 Å². The van der Waals surface area contributed by atoms with Gasteiger partial charge in [-0.3, -0.25) is 14.9 Å². The monoisotopic (exact) mass is 372 g/mol. The molecule has 2 aromatic rings. The van der Waals surface area contributed by atoms with E-state index in [0.29, 0.717) is 49.3 Å². The number of nitrogens with zero attached hydrogens (tertiary/aromatic N) is 5. The van der Waals surface area contributed by atoms with Crippen molar-refractivity contribution in [3.05, 3.63) is 46.1 Å². The van der Waals surface area contributed by atoms with E-state index in [2.05, 4.69) is 15.3 Å². The van der Waals surface area contributed by atoms with Crippen LogP contribution >= 0.6 is 0 Å².